The van der Waals surface area contributed by atoms with Crippen molar-refractivity contribution in [2.45, 2.75) is 18.9 Å². The van der Waals surface area contributed by atoms with Gasteiger partial charge in [0.05, 0.1) is 0 Å². The van der Waals surface area contributed by atoms with Gasteiger partial charge < -0.3 is 15.3 Å². The quantitative estimate of drug-likeness (QED) is 0.613. The molecule has 1 aliphatic rings. The van der Waals surface area contributed by atoms with Gasteiger partial charge in [0.1, 0.15) is 6.04 Å². The minimum Gasteiger partial charge on any atom is -0.480 e. The van der Waals surface area contributed by atoms with Gasteiger partial charge in [-0.3, -0.25) is 4.79 Å². The number of rotatable bonds is 6. The first-order valence-electron chi connectivity index (χ1n) is 4.72. The summed E-state index contributed by atoms with van der Waals surface area (Å²) < 4.78 is 0. The second kappa shape index (κ2) is 4.58. The second-order valence-corrected chi connectivity index (χ2v) is 3.91. The minimum atomic E-state index is -0.707. The maximum atomic E-state index is 10.8. The monoisotopic (exact) mass is 186 g/mol. The zero-order chi connectivity index (χ0) is 9.84. The van der Waals surface area contributed by atoms with Gasteiger partial charge in [-0.1, -0.05) is 0 Å². The van der Waals surface area contributed by atoms with Crippen molar-refractivity contribution in [1.29, 1.82) is 0 Å². The van der Waals surface area contributed by atoms with E-state index in [0.717, 1.165) is 25.9 Å². The van der Waals surface area contributed by atoms with Crippen molar-refractivity contribution < 1.29 is 9.90 Å². The lowest BCUT2D eigenvalue weighted by atomic mass is 10.2. The molecule has 1 atom stereocenters. The van der Waals surface area contributed by atoms with Crippen LogP contribution in [0.5, 0.6) is 0 Å². The third-order valence-corrected chi connectivity index (χ3v) is 2.28. The topological polar surface area (TPSA) is 52.6 Å². The Kier molecular flexibility index (Phi) is 3.69. The molecule has 0 spiro atoms. The molecule has 1 aliphatic carbocycles. The molecule has 0 heterocycles. The van der Waals surface area contributed by atoms with E-state index in [-0.39, 0.29) is 6.04 Å². The van der Waals surface area contributed by atoms with Crippen molar-refractivity contribution in [3.63, 3.8) is 0 Å². The molecular formula is C9H18N2O2. The lowest BCUT2D eigenvalue weighted by Crippen LogP contribution is -2.41. The number of nitrogens with one attached hydrogen (secondary N) is 1. The molecule has 0 radical (unpaired) electrons. The average molecular weight is 186 g/mol. The van der Waals surface area contributed by atoms with E-state index in [9.17, 15) is 4.79 Å². The molecule has 0 saturated heterocycles. The normalized spacial score (nSPS) is 19.0. The van der Waals surface area contributed by atoms with Crippen LogP contribution in [-0.2, 0) is 4.79 Å². The highest BCUT2D eigenvalue weighted by atomic mass is 16.4. The van der Waals surface area contributed by atoms with Crippen LogP contribution >= 0.6 is 0 Å². The fraction of sp³-hybridized carbons (Fsp3) is 0.889. The highest BCUT2D eigenvalue weighted by Crippen LogP contribution is 2.32. The van der Waals surface area contributed by atoms with Crippen molar-refractivity contribution in [3.8, 4) is 0 Å². The standard InChI is InChI=1S/C9H18N2O2/c1-11(2)6-5-10-8(9(12)13)7-3-4-7/h7-8,10H,3-6H2,1-2H3,(H,12,13). The predicted octanol–water partition coefficient (Wildman–Crippen LogP) is 0.000800. The van der Waals surface area contributed by atoms with Gasteiger partial charge in [0.15, 0.2) is 0 Å². The van der Waals surface area contributed by atoms with E-state index in [1.54, 1.807) is 0 Å². The lowest BCUT2D eigenvalue weighted by Gasteiger charge is -2.15. The summed E-state index contributed by atoms with van der Waals surface area (Å²) in [5.41, 5.74) is 0. The van der Waals surface area contributed by atoms with Crippen LogP contribution in [0.2, 0.25) is 0 Å². The zero-order valence-electron chi connectivity index (χ0n) is 8.29. The Hall–Kier alpha value is -0.610. The Bertz CT molecular complexity index is 178. The molecule has 0 aromatic heterocycles. The molecule has 0 aliphatic heterocycles. The summed E-state index contributed by atoms with van der Waals surface area (Å²) in [5, 5.41) is 11.9. The summed E-state index contributed by atoms with van der Waals surface area (Å²) in [6.07, 6.45) is 2.12. The highest BCUT2D eigenvalue weighted by Gasteiger charge is 2.35. The molecule has 1 rings (SSSR count). The van der Waals surface area contributed by atoms with Crippen molar-refractivity contribution in [3.05, 3.63) is 0 Å². The molecule has 76 valence electrons. The molecule has 2 N–H and O–H groups in total. The van der Waals surface area contributed by atoms with Crippen molar-refractivity contribution in [2.75, 3.05) is 27.2 Å². The molecule has 0 aromatic rings. The fourth-order valence-electron chi connectivity index (χ4n) is 1.33. The number of likely N-dealkylation sites (N-methyl/N-ethyl adjacent to an activating group) is 1. The largest absolute Gasteiger partial charge is 0.480 e. The minimum absolute atomic E-state index is 0.319. The number of carbonyl (C=O) groups is 1. The van der Waals surface area contributed by atoms with Crippen LogP contribution in [0, 0.1) is 5.92 Å². The lowest BCUT2D eigenvalue weighted by molar-refractivity contribution is -0.140. The molecule has 4 nitrogen and oxygen atoms in total. The summed E-state index contributed by atoms with van der Waals surface area (Å²) in [7, 11) is 3.96. The first kappa shape index (κ1) is 10.5. The van der Waals surface area contributed by atoms with Gasteiger partial charge in [-0.25, -0.2) is 0 Å². The first-order chi connectivity index (χ1) is 6.11. The van der Waals surface area contributed by atoms with E-state index in [4.69, 9.17) is 5.11 Å². The third kappa shape index (κ3) is 3.74. The highest BCUT2D eigenvalue weighted by molar-refractivity contribution is 5.74. The molecule has 1 fully saturated rings. The van der Waals surface area contributed by atoms with Crippen LogP contribution in [0.3, 0.4) is 0 Å². The Morgan fingerprint density at radius 3 is 2.62 bits per heavy atom. The molecular weight excluding hydrogens is 168 g/mol. The van der Waals surface area contributed by atoms with Crippen molar-refractivity contribution >= 4 is 5.97 Å². The Labute approximate surface area is 78.9 Å². The van der Waals surface area contributed by atoms with E-state index in [1.165, 1.54) is 0 Å². The molecule has 1 saturated carbocycles. The van der Waals surface area contributed by atoms with Gasteiger partial charge in [-0.05, 0) is 32.9 Å². The number of nitrogens with zero attached hydrogens (tertiary/aromatic N) is 1. The SMILES string of the molecule is CN(C)CCNC(C(=O)O)C1CC1. The molecule has 0 aromatic carbocycles. The van der Waals surface area contributed by atoms with Gasteiger partial charge in [0.2, 0.25) is 0 Å². The number of carboxylic acid groups (broad SMARTS) is 1. The smallest absolute Gasteiger partial charge is 0.320 e. The molecule has 4 heteroatoms. The average Bonchev–Trinajstić information content (AvgIpc) is 2.79. The van der Waals surface area contributed by atoms with E-state index in [2.05, 4.69) is 5.32 Å². The maximum Gasteiger partial charge on any atom is 0.320 e. The van der Waals surface area contributed by atoms with Crippen LogP contribution in [-0.4, -0.2) is 49.2 Å². The number of hydrogen-bond donors (Lipinski definition) is 2. The molecule has 0 bridgehead atoms. The summed E-state index contributed by atoms with van der Waals surface area (Å²) in [4.78, 5) is 12.8. The Morgan fingerprint density at radius 1 is 1.62 bits per heavy atom. The van der Waals surface area contributed by atoms with Crippen LogP contribution in [0.25, 0.3) is 0 Å². The van der Waals surface area contributed by atoms with E-state index < -0.39 is 5.97 Å². The number of hydrogen-bond acceptors (Lipinski definition) is 3. The van der Waals surface area contributed by atoms with Crippen LogP contribution in [0.4, 0.5) is 0 Å². The maximum absolute atomic E-state index is 10.8. The predicted molar refractivity (Wildman–Crippen MR) is 50.7 cm³/mol. The molecule has 1 unspecified atom stereocenters. The molecule has 13 heavy (non-hydrogen) atoms. The van der Waals surface area contributed by atoms with Crippen molar-refractivity contribution in [1.82, 2.24) is 10.2 Å². The number of aliphatic carboxylic acids is 1. The number of carboxylic acids is 1. The van der Waals surface area contributed by atoms with E-state index >= 15 is 0 Å². The summed E-state index contributed by atoms with van der Waals surface area (Å²) in [5.74, 6) is -0.332. The van der Waals surface area contributed by atoms with E-state index in [0.29, 0.717) is 5.92 Å². The van der Waals surface area contributed by atoms with Gasteiger partial charge in [-0.15, -0.1) is 0 Å². The Morgan fingerprint density at radius 2 is 2.23 bits per heavy atom. The van der Waals surface area contributed by atoms with Crippen LogP contribution in [0.15, 0.2) is 0 Å². The fourth-order valence-corrected chi connectivity index (χ4v) is 1.33. The third-order valence-electron chi connectivity index (χ3n) is 2.28. The van der Waals surface area contributed by atoms with Gasteiger partial charge in [0.25, 0.3) is 0 Å². The Balaban J connectivity index is 2.19. The summed E-state index contributed by atoms with van der Waals surface area (Å²) in [6.45, 7) is 1.64. The second-order valence-electron chi connectivity index (χ2n) is 3.91. The van der Waals surface area contributed by atoms with Crippen molar-refractivity contribution in [2.24, 2.45) is 5.92 Å². The van der Waals surface area contributed by atoms with E-state index in [1.807, 2.05) is 19.0 Å². The summed E-state index contributed by atoms with van der Waals surface area (Å²) >= 11 is 0. The van der Waals surface area contributed by atoms with Gasteiger partial charge in [-0.2, -0.15) is 0 Å². The summed E-state index contributed by atoms with van der Waals surface area (Å²) in [6, 6.07) is -0.319. The van der Waals surface area contributed by atoms with Gasteiger partial charge >= 0.3 is 5.97 Å². The zero-order valence-corrected chi connectivity index (χ0v) is 8.29. The van der Waals surface area contributed by atoms with Crippen LogP contribution in [0.1, 0.15) is 12.8 Å². The molecule has 0 amide bonds. The van der Waals surface area contributed by atoms with Crippen LogP contribution < -0.4 is 5.32 Å². The van der Waals surface area contributed by atoms with Gasteiger partial charge in [0, 0.05) is 13.1 Å². The first-order valence-corrected chi connectivity index (χ1v) is 4.72.